The quantitative estimate of drug-likeness (QED) is 0.638. The summed E-state index contributed by atoms with van der Waals surface area (Å²) in [7, 11) is -3.91. The summed E-state index contributed by atoms with van der Waals surface area (Å²) >= 11 is 0. The van der Waals surface area contributed by atoms with Gasteiger partial charge >= 0.3 is 0 Å². The third-order valence-electron chi connectivity index (χ3n) is 4.19. The van der Waals surface area contributed by atoms with E-state index in [1.165, 1.54) is 24.4 Å². The van der Waals surface area contributed by atoms with Gasteiger partial charge in [-0.05, 0) is 31.2 Å². The fourth-order valence-corrected chi connectivity index (χ4v) is 3.73. The van der Waals surface area contributed by atoms with Crippen molar-refractivity contribution in [2.24, 2.45) is 0 Å². The molecule has 1 aliphatic heterocycles. The first kappa shape index (κ1) is 17.7. The van der Waals surface area contributed by atoms with Crippen molar-refractivity contribution in [1.82, 2.24) is 4.98 Å². The van der Waals surface area contributed by atoms with Crippen LogP contribution in [0.1, 0.15) is 5.56 Å². The number of hydrogen-bond acceptors (Lipinski definition) is 6. The van der Waals surface area contributed by atoms with Crippen molar-refractivity contribution in [1.29, 1.82) is 0 Å². The molecule has 8 heteroatoms. The third kappa shape index (κ3) is 3.45. The number of benzene rings is 2. The molecule has 3 aromatic rings. The van der Waals surface area contributed by atoms with Crippen LogP contribution >= 0.6 is 0 Å². The molecule has 1 aliphatic rings. The summed E-state index contributed by atoms with van der Waals surface area (Å²) in [5.41, 5.74) is 1.11. The fourth-order valence-electron chi connectivity index (χ4n) is 2.79. The van der Waals surface area contributed by atoms with Crippen LogP contribution in [0, 0.1) is 12.7 Å². The van der Waals surface area contributed by atoms with E-state index in [0.717, 1.165) is 5.56 Å². The molecule has 4 rings (SSSR count). The molecule has 0 amide bonds. The van der Waals surface area contributed by atoms with E-state index in [2.05, 4.69) is 4.98 Å². The van der Waals surface area contributed by atoms with Crippen LogP contribution in [0.3, 0.4) is 0 Å². The van der Waals surface area contributed by atoms with E-state index in [9.17, 15) is 12.8 Å². The Kier molecular flexibility index (Phi) is 4.45. The number of nitrogens with zero attached hydrogens (tertiary/aromatic N) is 1. The number of aromatic nitrogens is 1. The van der Waals surface area contributed by atoms with Crippen molar-refractivity contribution in [2.75, 3.05) is 13.2 Å². The molecular weight excluding hydrogens is 373 g/mol. The van der Waals surface area contributed by atoms with Crippen LogP contribution in [0.4, 0.5) is 4.39 Å². The summed E-state index contributed by atoms with van der Waals surface area (Å²) in [6, 6.07) is 10.9. The van der Waals surface area contributed by atoms with Crippen molar-refractivity contribution >= 4 is 21.0 Å². The molecule has 140 valence electrons. The minimum absolute atomic E-state index is 0.0433. The van der Waals surface area contributed by atoms with Crippen LogP contribution < -0.4 is 9.47 Å². The van der Waals surface area contributed by atoms with Gasteiger partial charge in [-0.2, -0.15) is 8.42 Å². The summed E-state index contributed by atoms with van der Waals surface area (Å²) < 4.78 is 55.2. The Morgan fingerprint density at radius 1 is 1.26 bits per heavy atom. The van der Waals surface area contributed by atoms with Gasteiger partial charge in [0.15, 0.2) is 23.4 Å². The van der Waals surface area contributed by atoms with Gasteiger partial charge in [-0.15, -0.1) is 0 Å². The highest BCUT2D eigenvalue weighted by Gasteiger charge is 2.27. The Balaban J connectivity index is 1.53. The maximum atomic E-state index is 14.1. The monoisotopic (exact) mass is 389 g/mol. The standard InChI is InChI=1S/C19H16FNO5S/c1-12-4-6-14(7-5-12)27(22,23)25-11-13-10-24-17-9-16(20)18-15(19(17)26-13)3-2-8-21-18/h2-9,13H,10-11H2,1H3/t13-/m1/s1. The second-order valence-corrected chi connectivity index (χ2v) is 7.80. The molecule has 6 nitrogen and oxygen atoms in total. The molecular formula is C19H16FNO5S. The van der Waals surface area contributed by atoms with Crippen LogP contribution in [0.25, 0.3) is 10.9 Å². The largest absolute Gasteiger partial charge is 0.486 e. The van der Waals surface area contributed by atoms with E-state index >= 15 is 0 Å². The summed E-state index contributed by atoms with van der Waals surface area (Å²) in [6.07, 6.45) is 0.822. The smallest absolute Gasteiger partial charge is 0.297 e. The van der Waals surface area contributed by atoms with Crippen molar-refractivity contribution < 1.29 is 26.5 Å². The third-order valence-corrected chi connectivity index (χ3v) is 5.48. The number of ether oxygens (including phenoxy) is 2. The Bertz CT molecular complexity index is 1100. The van der Waals surface area contributed by atoms with E-state index in [1.54, 1.807) is 24.3 Å². The van der Waals surface area contributed by atoms with Crippen molar-refractivity contribution in [2.45, 2.75) is 17.9 Å². The topological polar surface area (TPSA) is 74.7 Å². The lowest BCUT2D eigenvalue weighted by Crippen LogP contribution is -2.34. The van der Waals surface area contributed by atoms with Gasteiger partial charge in [0.1, 0.15) is 18.7 Å². The summed E-state index contributed by atoms with van der Waals surface area (Å²) in [5.74, 6) is 0.0716. The first-order valence-corrected chi connectivity index (χ1v) is 9.68. The fraction of sp³-hybridized carbons (Fsp3) is 0.211. The highest BCUT2D eigenvalue weighted by molar-refractivity contribution is 7.86. The van der Waals surface area contributed by atoms with Crippen LogP contribution in [0.5, 0.6) is 11.5 Å². The lowest BCUT2D eigenvalue weighted by molar-refractivity contribution is 0.0568. The summed E-state index contributed by atoms with van der Waals surface area (Å²) in [6.45, 7) is 1.68. The van der Waals surface area contributed by atoms with Gasteiger partial charge in [-0.25, -0.2) is 4.39 Å². The van der Waals surface area contributed by atoms with E-state index in [1.807, 2.05) is 6.92 Å². The molecule has 27 heavy (non-hydrogen) atoms. The van der Waals surface area contributed by atoms with Crippen molar-refractivity contribution in [3.63, 3.8) is 0 Å². The molecule has 0 N–H and O–H groups in total. The van der Waals surface area contributed by atoms with Crippen LogP contribution in [0.2, 0.25) is 0 Å². The molecule has 2 heterocycles. The van der Waals surface area contributed by atoms with Gasteiger partial charge in [0.05, 0.1) is 4.90 Å². The van der Waals surface area contributed by atoms with E-state index in [4.69, 9.17) is 13.7 Å². The molecule has 0 bridgehead atoms. The molecule has 1 atom stereocenters. The maximum Gasteiger partial charge on any atom is 0.297 e. The molecule has 0 saturated heterocycles. The normalized spacial score (nSPS) is 16.4. The molecule has 0 spiro atoms. The lowest BCUT2D eigenvalue weighted by atomic mass is 10.1. The zero-order valence-electron chi connectivity index (χ0n) is 14.4. The van der Waals surface area contributed by atoms with Crippen LogP contribution in [-0.4, -0.2) is 32.7 Å². The SMILES string of the molecule is Cc1ccc(S(=O)(=O)OC[C@H]2COc3cc(F)c4ncccc4c3O2)cc1. The van der Waals surface area contributed by atoms with Crippen LogP contribution in [0.15, 0.2) is 53.6 Å². The van der Waals surface area contributed by atoms with Crippen LogP contribution in [-0.2, 0) is 14.3 Å². The van der Waals surface area contributed by atoms with Gasteiger partial charge in [0.2, 0.25) is 0 Å². The average Bonchev–Trinajstić information content (AvgIpc) is 2.67. The Labute approximate surface area is 155 Å². The van der Waals surface area contributed by atoms with Gasteiger partial charge < -0.3 is 9.47 Å². The first-order valence-electron chi connectivity index (χ1n) is 8.27. The van der Waals surface area contributed by atoms with E-state index < -0.39 is 22.0 Å². The molecule has 0 saturated carbocycles. The van der Waals surface area contributed by atoms with Gasteiger partial charge in [-0.3, -0.25) is 9.17 Å². The Morgan fingerprint density at radius 2 is 2.04 bits per heavy atom. The number of rotatable bonds is 4. The second-order valence-electron chi connectivity index (χ2n) is 6.19. The maximum absolute atomic E-state index is 14.1. The van der Waals surface area contributed by atoms with Gasteiger partial charge in [0.25, 0.3) is 10.1 Å². The average molecular weight is 389 g/mol. The van der Waals surface area contributed by atoms with E-state index in [0.29, 0.717) is 11.1 Å². The summed E-state index contributed by atoms with van der Waals surface area (Å²) in [4.78, 5) is 4.08. The van der Waals surface area contributed by atoms with Gasteiger partial charge in [0, 0.05) is 17.6 Å². The minimum atomic E-state index is -3.91. The molecule has 1 aromatic heterocycles. The zero-order valence-corrected chi connectivity index (χ0v) is 15.2. The number of hydrogen-bond donors (Lipinski definition) is 0. The lowest BCUT2D eigenvalue weighted by Gasteiger charge is -2.27. The number of pyridine rings is 1. The molecule has 0 radical (unpaired) electrons. The van der Waals surface area contributed by atoms with Crippen molar-refractivity contribution in [3.05, 3.63) is 60.0 Å². The summed E-state index contributed by atoms with van der Waals surface area (Å²) in [5, 5.41) is 0.457. The number of aryl methyl sites for hydroxylation is 1. The predicted octanol–water partition coefficient (Wildman–Crippen LogP) is 3.23. The first-order chi connectivity index (χ1) is 12.9. The molecule has 0 unspecified atom stereocenters. The minimum Gasteiger partial charge on any atom is -0.486 e. The van der Waals surface area contributed by atoms with E-state index in [-0.39, 0.29) is 29.4 Å². The predicted molar refractivity (Wildman–Crippen MR) is 95.9 cm³/mol. The number of halogens is 1. The molecule has 0 fully saturated rings. The van der Waals surface area contributed by atoms with Crippen molar-refractivity contribution in [3.8, 4) is 11.5 Å². The Morgan fingerprint density at radius 3 is 2.81 bits per heavy atom. The molecule has 0 aliphatic carbocycles. The molecule has 2 aromatic carbocycles. The number of fused-ring (bicyclic) bond motifs is 3. The van der Waals surface area contributed by atoms with Gasteiger partial charge in [-0.1, -0.05) is 17.7 Å². The highest BCUT2D eigenvalue weighted by atomic mass is 32.2. The second kappa shape index (κ2) is 6.79. The zero-order chi connectivity index (χ0) is 19.0. The Hall–Kier alpha value is -2.71. The highest BCUT2D eigenvalue weighted by Crippen LogP contribution is 2.39.